The Kier molecular flexibility index (Phi) is 10.9. The second kappa shape index (κ2) is 14.3. The summed E-state index contributed by atoms with van der Waals surface area (Å²) in [6.07, 6.45) is 2.83. The summed E-state index contributed by atoms with van der Waals surface area (Å²) in [5.41, 5.74) is 8.30. The lowest BCUT2D eigenvalue weighted by Crippen LogP contribution is -2.40. The Hall–Kier alpha value is -3.90. The van der Waals surface area contributed by atoms with Crippen LogP contribution in [0.25, 0.3) is 10.8 Å². The van der Waals surface area contributed by atoms with Crippen LogP contribution in [0.4, 0.5) is 5.82 Å². The number of carbonyl (C=O) groups excluding carboxylic acids is 1. The van der Waals surface area contributed by atoms with Gasteiger partial charge in [0.1, 0.15) is 11.7 Å². The number of nitrogens with zero attached hydrogens (tertiary/aromatic N) is 3. The molecule has 0 saturated carbocycles. The van der Waals surface area contributed by atoms with Crippen molar-refractivity contribution in [1.29, 1.82) is 0 Å². The highest BCUT2D eigenvalue weighted by Crippen LogP contribution is 2.26. The van der Waals surface area contributed by atoms with E-state index in [1.54, 1.807) is 50.5 Å². The summed E-state index contributed by atoms with van der Waals surface area (Å²) in [5.74, 6) is 7.21. The molecule has 0 spiro atoms. The lowest BCUT2D eigenvalue weighted by molar-refractivity contribution is 0.0869. The van der Waals surface area contributed by atoms with Crippen LogP contribution in [0, 0.1) is 11.8 Å². The van der Waals surface area contributed by atoms with Crippen LogP contribution in [0.2, 0.25) is 5.02 Å². The molecule has 1 heterocycles. The van der Waals surface area contributed by atoms with Crippen LogP contribution in [0.15, 0.2) is 65.4 Å². The summed E-state index contributed by atoms with van der Waals surface area (Å²) >= 11 is 6.30. The number of benzene rings is 2. The number of hydrogen-bond donors (Lipinski definition) is 4. The van der Waals surface area contributed by atoms with Gasteiger partial charge in [-0.3, -0.25) is 9.79 Å². The summed E-state index contributed by atoms with van der Waals surface area (Å²) in [5, 5.41) is 18.5. The van der Waals surface area contributed by atoms with Gasteiger partial charge in [0.2, 0.25) is 0 Å². The number of anilines is 1. The SMILES string of the molecule is CCN(CC)CC(O)CNC(=O)c1ccc(C#Cc2c(NC(C=C(C)N)=NC)ncc3ccc(Cl)cc23)cc1. The molecule has 1 atom stereocenters. The van der Waals surface area contributed by atoms with E-state index in [-0.39, 0.29) is 12.5 Å². The standard InChI is InChI=1S/C30H35ClN6O2/c1-5-37(6-2)19-25(38)18-35-30(39)22-10-7-21(8-11-22)9-14-26-27-16-24(31)13-12-23(27)17-34-29(26)36-28(33-4)15-20(3)32/h7-8,10-13,15-17,25,38H,5-6,18-19,32H2,1-4H3,(H,35,39)(H,33,34,36). The Labute approximate surface area is 235 Å². The Bertz CT molecular complexity index is 1420. The molecule has 0 fully saturated rings. The molecule has 8 nitrogen and oxygen atoms in total. The zero-order valence-corrected chi connectivity index (χ0v) is 23.5. The van der Waals surface area contributed by atoms with Gasteiger partial charge >= 0.3 is 0 Å². The first-order chi connectivity index (χ1) is 18.7. The third kappa shape index (κ3) is 8.55. The van der Waals surface area contributed by atoms with Crippen LogP contribution >= 0.6 is 11.6 Å². The van der Waals surface area contributed by atoms with Gasteiger partial charge < -0.3 is 26.4 Å². The maximum atomic E-state index is 12.6. The molecular formula is C30H35ClN6O2. The number of amidine groups is 1. The van der Waals surface area contributed by atoms with Crippen molar-refractivity contribution in [3.8, 4) is 11.8 Å². The van der Waals surface area contributed by atoms with Gasteiger partial charge in [-0.25, -0.2) is 4.98 Å². The Balaban J connectivity index is 1.83. The minimum Gasteiger partial charge on any atom is -0.402 e. The average molecular weight is 547 g/mol. The molecule has 3 rings (SSSR count). The molecule has 3 aromatic rings. The first-order valence-corrected chi connectivity index (χ1v) is 13.2. The Morgan fingerprint density at radius 1 is 1.21 bits per heavy atom. The molecule has 1 amide bonds. The van der Waals surface area contributed by atoms with E-state index in [2.05, 4.69) is 37.4 Å². The number of nitrogens with one attached hydrogen (secondary N) is 2. The van der Waals surface area contributed by atoms with Crippen LogP contribution in [-0.2, 0) is 0 Å². The van der Waals surface area contributed by atoms with Crippen molar-refractivity contribution in [2.45, 2.75) is 26.9 Å². The lowest BCUT2D eigenvalue weighted by atomic mass is 10.1. The predicted molar refractivity (Wildman–Crippen MR) is 160 cm³/mol. The number of fused-ring (bicyclic) bond motifs is 1. The van der Waals surface area contributed by atoms with Crippen LogP contribution < -0.4 is 16.4 Å². The first-order valence-electron chi connectivity index (χ1n) is 12.8. The highest BCUT2D eigenvalue weighted by molar-refractivity contribution is 6.31. The predicted octanol–water partition coefficient (Wildman–Crippen LogP) is 4.02. The van der Waals surface area contributed by atoms with E-state index < -0.39 is 6.10 Å². The number of rotatable bonds is 9. The molecule has 1 aromatic heterocycles. The van der Waals surface area contributed by atoms with Crippen LogP contribution in [-0.4, -0.2) is 66.1 Å². The Morgan fingerprint density at radius 2 is 1.92 bits per heavy atom. The molecule has 1 unspecified atom stereocenters. The van der Waals surface area contributed by atoms with E-state index in [1.807, 2.05) is 32.0 Å². The summed E-state index contributed by atoms with van der Waals surface area (Å²) in [7, 11) is 1.66. The molecule has 204 valence electrons. The van der Waals surface area contributed by atoms with E-state index in [9.17, 15) is 9.90 Å². The molecule has 0 radical (unpaired) electrons. The molecule has 5 N–H and O–H groups in total. The summed E-state index contributed by atoms with van der Waals surface area (Å²) in [4.78, 5) is 23.5. The zero-order chi connectivity index (χ0) is 28.4. The second-order valence-electron chi connectivity index (χ2n) is 9.01. The summed E-state index contributed by atoms with van der Waals surface area (Å²) < 4.78 is 0. The second-order valence-corrected chi connectivity index (χ2v) is 9.45. The number of hydrogen-bond acceptors (Lipinski definition) is 6. The average Bonchev–Trinajstić information content (AvgIpc) is 2.93. The normalized spacial score (nSPS) is 12.7. The van der Waals surface area contributed by atoms with E-state index >= 15 is 0 Å². The molecule has 9 heteroatoms. The number of carbonyl (C=O) groups is 1. The number of aromatic nitrogens is 1. The lowest BCUT2D eigenvalue weighted by Gasteiger charge is -2.22. The number of allylic oxidation sites excluding steroid dienone is 1. The fraction of sp³-hybridized carbons (Fsp3) is 0.300. The van der Waals surface area contributed by atoms with E-state index in [0.29, 0.717) is 40.0 Å². The number of likely N-dealkylation sites (N-methyl/N-ethyl adjacent to an activating group) is 1. The molecule has 0 aliphatic rings. The van der Waals surface area contributed by atoms with Crippen molar-refractivity contribution in [2.24, 2.45) is 10.7 Å². The third-order valence-corrected chi connectivity index (χ3v) is 6.28. The summed E-state index contributed by atoms with van der Waals surface area (Å²) in [6.45, 7) is 8.26. The molecule has 2 aromatic carbocycles. The third-order valence-electron chi connectivity index (χ3n) is 6.05. The van der Waals surface area contributed by atoms with Crippen molar-refractivity contribution >= 4 is 39.9 Å². The van der Waals surface area contributed by atoms with E-state index in [0.717, 1.165) is 29.4 Å². The van der Waals surface area contributed by atoms with Crippen molar-refractivity contribution in [3.63, 3.8) is 0 Å². The number of halogens is 1. The number of aliphatic imine (C=N–C) groups is 1. The van der Waals surface area contributed by atoms with Gasteiger partial charge in [0, 0.05) is 59.0 Å². The topological polar surface area (TPSA) is 116 Å². The van der Waals surface area contributed by atoms with Gasteiger partial charge in [-0.2, -0.15) is 0 Å². The van der Waals surface area contributed by atoms with Crippen molar-refractivity contribution in [2.75, 3.05) is 38.5 Å². The first kappa shape index (κ1) is 29.7. The van der Waals surface area contributed by atoms with Gasteiger partial charge in [0.15, 0.2) is 0 Å². The maximum absolute atomic E-state index is 12.6. The Morgan fingerprint density at radius 3 is 2.56 bits per heavy atom. The quantitative estimate of drug-likeness (QED) is 0.183. The fourth-order valence-corrected chi connectivity index (χ4v) is 4.07. The van der Waals surface area contributed by atoms with Gasteiger partial charge in [-0.05, 0) is 62.5 Å². The maximum Gasteiger partial charge on any atom is 0.251 e. The monoisotopic (exact) mass is 546 g/mol. The smallest absolute Gasteiger partial charge is 0.251 e. The molecule has 0 aliphatic heterocycles. The molecule has 0 bridgehead atoms. The molecule has 0 saturated heterocycles. The van der Waals surface area contributed by atoms with Gasteiger partial charge in [0.05, 0.1) is 11.7 Å². The van der Waals surface area contributed by atoms with Gasteiger partial charge in [0.25, 0.3) is 5.91 Å². The fourth-order valence-electron chi connectivity index (χ4n) is 3.90. The zero-order valence-electron chi connectivity index (χ0n) is 22.8. The highest BCUT2D eigenvalue weighted by Gasteiger charge is 2.12. The van der Waals surface area contributed by atoms with Gasteiger partial charge in [-0.1, -0.05) is 43.4 Å². The molecule has 39 heavy (non-hydrogen) atoms. The highest BCUT2D eigenvalue weighted by atomic mass is 35.5. The molecular weight excluding hydrogens is 512 g/mol. The number of aliphatic hydroxyl groups excluding tert-OH is 1. The van der Waals surface area contributed by atoms with Gasteiger partial charge in [-0.15, -0.1) is 0 Å². The number of amides is 1. The number of nitrogens with two attached hydrogens (primary N) is 1. The number of pyridine rings is 1. The number of aliphatic hydroxyl groups is 1. The minimum atomic E-state index is -0.632. The van der Waals surface area contributed by atoms with Crippen LogP contribution in [0.5, 0.6) is 0 Å². The summed E-state index contributed by atoms with van der Waals surface area (Å²) in [6, 6.07) is 12.5. The van der Waals surface area contributed by atoms with Crippen LogP contribution in [0.3, 0.4) is 0 Å². The van der Waals surface area contributed by atoms with Crippen molar-refractivity contribution in [1.82, 2.24) is 15.2 Å². The van der Waals surface area contributed by atoms with Crippen molar-refractivity contribution < 1.29 is 9.90 Å². The largest absolute Gasteiger partial charge is 0.402 e. The minimum absolute atomic E-state index is 0.186. The van der Waals surface area contributed by atoms with Crippen molar-refractivity contribution in [3.05, 3.63) is 82.1 Å². The van der Waals surface area contributed by atoms with E-state index in [1.165, 1.54) is 0 Å². The van der Waals surface area contributed by atoms with E-state index in [4.69, 9.17) is 17.3 Å². The molecule has 0 aliphatic carbocycles. The van der Waals surface area contributed by atoms with Crippen LogP contribution in [0.1, 0.15) is 42.3 Å².